The van der Waals surface area contributed by atoms with Gasteiger partial charge in [-0.2, -0.15) is 0 Å². The molecule has 0 aromatic carbocycles. The number of nitrogens with one attached hydrogen (secondary N) is 1. The molecule has 0 radical (unpaired) electrons. The minimum atomic E-state index is -0.116. The number of nitrogens with two attached hydrogens (primary N) is 1. The van der Waals surface area contributed by atoms with Gasteiger partial charge in [-0.1, -0.05) is 5.16 Å². The van der Waals surface area contributed by atoms with Gasteiger partial charge in [0.2, 0.25) is 5.90 Å². The Morgan fingerprint density at radius 1 is 1.73 bits per heavy atom. The van der Waals surface area contributed by atoms with Gasteiger partial charge in [0.05, 0.1) is 24.6 Å². The molecule has 15 heavy (non-hydrogen) atoms. The van der Waals surface area contributed by atoms with Crippen molar-refractivity contribution in [2.24, 2.45) is 5.16 Å². The Labute approximate surface area is 86.9 Å². The van der Waals surface area contributed by atoms with Gasteiger partial charge in [0.1, 0.15) is 0 Å². The van der Waals surface area contributed by atoms with Crippen LogP contribution in [0.25, 0.3) is 0 Å². The van der Waals surface area contributed by atoms with Gasteiger partial charge in [-0.15, -0.1) is 0 Å². The number of aromatic nitrogens is 1. The van der Waals surface area contributed by atoms with Crippen molar-refractivity contribution in [1.82, 2.24) is 4.98 Å². The van der Waals surface area contributed by atoms with Crippen molar-refractivity contribution in [3.05, 3.63) is 23.0 Å². The van der Waals surface area contributed by atoms with Gasteiger partial charge < -0.3 is 15.7 Å². The van der Waals surface area contributed by atoms with Crippen LogP contribution in [0.3, 0.4) is 0 Å². The number of rotatable bonds is 2. The third-order valence-electron chi connectivity index (χ3n) is 1.82. The summed E-state index contributed by atoms with van der Waals surface area (Å²) >= 11 is 0. The SMILES string of the molecule is COC(=N)c1c(N)cc(C)nc1/C=N/O. The van der Waals surface area contributed by atoms with Crippen LogP contribution in [-0.2, 0) is 4.74 Å². The van der Waals surface area contributed by atoms with Crippen LogP contribution in [0.5, 0.6) is 0 Å². The van der Waals surface area contributed by atoms with Crippen molar-refractivity contribution < 1.29 is 9.94 Å². The predicted molar refractivity (Wildman–Crippen MR) is 56.6 cm³/mol. The van der Waals surface area contributed by atoms with Gasteiger partial charge >= 0.3 is 0 Å². The van der Waals surface area contributed by atoms with Crippen LogP contribution in [0.15, 0.2) is 11.2 Å². The molecule has 1 heterocycles. The minimum absolute atomic E-state index is 0.116. The number of oxime groups is 1. The lowest BCUT2D eigenvalue weighted by Crippen LogP contribution is -2.12. The van der Waals surface area contributed by atoms with Gasteiger partial charge in [0.25, 0.3) is 0 Å². The van der Waals surface area contributed by atoms with Crippen LogP contribution in [0, 0.1) is 12.3 Å². The zero-order chi connectivity index (χ0) is 11.4. The third kappa shape index (κ3) is 2.22. The van der Waals surface area contributed by atoms with Crippen LogP contribution < -0.4 is 5.73 Å². The lowest BCUT2D eigenvalue weighted by atomic mass is 10.1. The van der Waals surface area contributed by atoms with Crippen LogP contribution in [0.4, 0.5) is 5.69 Å². The maximum Gasteiger partial charge on any atom is 0.217 e. The Bertz CT molecular complexity index is 415. The van der Waals surface area contributed by atoms with E-state index in [1.807, 2.05) is 0 Å². The van der Waals surface area contributed by atoms with E-state index in [0.29, 0.717) is 22.6 Å². The van der Waals surface area contributed by atoms with E-state index in [1.165, 1.54) is 7.11 Å². The van der Waals surface area contributed by atoms with Gasteiger partial charge in [-0.25, -0.2) is 0 Å². The fourth-order valence-electron chi connectivity index (χ4n) is 1.22. The number of nitrogen functional groups attached to an aromatic ring is 1. The maximum atomic E-state index is 8.46. The molecule has 6 nitrogen and oxygen atoms in total. The topological polar surface area (TPSA) is 105 Å². The Hall–Kier alpha value is -2.11. The van der Waals surface area contributed by atoms with Crippen molar-refractivity contribution in [3.8, 4) is 0 Å². The van der Waals surface area contributed by atoms with E-state index >= 15 is 0 Å². The maximum absolute atomic E-state index is 8.46. The fraction of sp³-hybridized carbons (Fsp3) is 0.222. The summed E-state index contributed by atoms with van der Waals surface area (Å²) in [6.45, 7) is 1.76. The molecule has 1 rings (SSSR count). The first kappa shape index (κ1) is 11.0. The number of hydrogen-bond acceptors (Lipinski definition) is 6. The van der Waals surface area contributed by atoms with Crippen molar-refractivity contribution in [1.29, 1.82) is 5.41 Å². The Morgan fingerprint density at radius 2 is 2.40 bits per heavy atom. The highest BCUT2D eigenvalue weighted by Gasteiger charge is 2.13. The molecule has 0 fully saturated rings. The van der Waals surface area contributed by atoms with E-state index in [2.05, 4.69) is 10.1 Å². The number of methoxy groups -OCH3 is 1. The normalized spacial score (nSPS) is 10.5. The van der Waals surface area contributed by atoms with Crippen molar-refractivity contribution >= 4 is 17.8 Å². The second kappa shape index (κ2) is 4.41. The Morgan fingerprint density at radius 3 is 2.93 bits per heavy atom. The Balaban J connectivity index is 3.39. The van der Waals surface area contributed by atoms with Gasteiger partial charge in [-0.3, -0.25) is 10.4 Å². The van der Waals surface area contributed by atoms with E-state index in [0.717, 1.165) is 6.21 Å². The van der Waals surface area contributed by atoms with E-state index in [4.69, 9.17) is 21.1 Å². The highest BCUT2D eigenvalue weighted by molar-refractivity contribution is 6.03. The second-order valence-corrected chi connectivity index (χ2v) is 2.89. The zero-order valence-electron chi connectivity index (χ0n) is 8.48. The molecule has 0 aliphatic rings. The summed E-state index contributed by atoms with van der Waals surface area (Å²) in [5.41, 5.74) is 7.39. The van der Waals surface area contributed by atoms with Gasteiger partial charge in [0, 0.05) is 11.4 Å². The number of pyridine rings is 1. The fourth-order valence-corrected chi connectivity index (χ4v) is 1.22. The van der Waals surface area contributed by atoms with Crippen LogP contribution in [-0.4, -0.2) is 29.4 Å². The van der Waals surface area contributed by atoms with Crippen LogP contribution in [0.2, 0.25) is 0 Å². The molecular weight excluding hydrogens is 196 g/mol. The number of aryl methyl sites for hydroxylation is 1. The highest BCUT2D eigenvalue weighted by atomic mass is 16.5. The molecule has 0 saturated heterocycles. The average molecular weight is 208 g/mol. The quantitative estimate of drug-likeness (QED) is 0.288. The third-order valence-corrected chi connectivity index (χ3v) is 1.82. The van der Waals surface area contributed by atoms with E-state index < -0.39 is 0 Å². The average Bonchev–Trinajstić information content (AvgIpc) is 2.16. The molecule has 0 unspecified atom stereocenters. The van der Waals surface area contributed by atoms with Gasteiger partial charge in [0.15, 0.2) is 0 Å². The lowest BCUT2D eigenvalue weighted by Gasteiger charge is -2.09. The first-order valence-corrected chi connectivity index (χ1v) is 4.17. The molecule has 0 bridgehead atoms. The summed E-state index contributed by atoms with van der Waals surface area (Å²) in [6, 6.07) is 1.62. The summed E-state index contributed by atoms with van der Waals surface area (Å²) in [6.07, 6.45) is 1.12. The molecule has 0 aliphatic carbocycles. The first-order chi connectivity index (χ1) is 7.10. The molecule has 1 aromatic rings. The second-order valence-electron chi connectivity index (χ2n) is 2.89. The molecule has 0 saturated carbocycles. The van der Waals surface area contributed by atoms with E-state index in [-0.39, 0.29) is 5.90 Å². The van der Waals surface area contributed by atoms with Crippen molar-refractivity contribution in [2.75, 3.05) is 12.8 Å². The smallest absolute Gasteiger partial charge is 0.217 e. The number of ether oxygens (including phenoxy) is 1. The standard InChI is InChI=1S/C9H12N4O2/c1-5-3-6(10)8(9(11)15-2)7(13-5)4-12-14/h3-4,11,14H,1-2H3,(H2,10,13)/b11-9?,12-4+. The lowest BCUT2D eigenvalue weighted by molar-refractivity contribution is 0.321. The van der Waals surface area contributed by atoms with Crippen molar-refractivity contribution in [3.63, 3.8) is 0 Å². The molecule has 0 spiro atoms. The molecule has 1 aromatic heterocycles. The summed E-state index contributed by atoms with van der Waals surface area (Å²) < 4.78 is 4.76. The van der Waals surface area contributed by atoms with E-state index in [1.54, 1.807) is 13.0 Å². The first-order valence-electron chi connectivity index (χ1n) is 4.17. The van der Waals surface area contributed by atoms with E-state index in [9.17, 15) is 0 Å². The summed E-state index contributed by atoms with van der Waals surface area (Å²) in [5.74, 6) is -0.116. The summed E-state index contributed by atoms with van der Waals surface area (Å²) in [7, 11) is 1.36. The molecule has 0 aliphatic heterocycles. The van der Waals surface area contributed by atoms with Crippen molar-refractivity contribution in [2.45, 2.75) is 6.92 Å². The molecule has 6 heteroatoms. The number of nitrogens with zero attached hydrogens (tertiary/aromatic N) is 2. The largest absolute Gasteiger partial charge is 0.481 e. The monoisotopic (exact) mass is 208 g/mol. The molecule has 0 amide bonds. The van der Waals surface area contributed by atoms with Gasteiger partial charge in [-0.05, 0) is 13.0 Å². The van der Waals surface area contributed by atoms with Crippen LogP contribution >= 0.6 is 0 Å². The molecule has 4 N–H and O–H groups in total. The molecular formula is C9H12N4O2. The highest BCUT2D eigenvalue weighted by Crippen LogP contribution is 2.16. The Kier molecular flexibility index (Phi) is 3.22. The molecule has 0 atom stereocenters. The summed E-state index contributed by atoms with van der Waals surface area (Å²) in [4.78, 5) is 4.08. The van der Waals surface area contributed by atoms with Crippen LogP contribution in [0.1, 0.15) is 17.0 Å². The number of hydrogen-bond donors (Lipinski definition) is 3. The predicted octanol–water partition coefficient (Wildman–Crippen LogP) is 0.752. The zero-order valence-corrected chi connectivity index (χ0v) is 8.48. The number of anilines is 1. The molecule has 80 valence electrons. The minimum Gasteiger partial charge on any atom is -0.481 e. The summed E-state index contributed by atoms with van der Waals surface area (Å²) in [5, 5.41) is 18.9.